The summed E-state index contributed by atoms with van der Waals surface area (Å²) < 4.78 is 6.10. The van der Waals surface area contributed by atoms with E-state index in [0.717, 1.165) is 14.7 Å². The molecule has 0 aromatic heterocycles. The van der Waals surface area contributed by atoms with E-state index < -0.39 is 161 Å². The van der Waals surface area contributed by atoms with E-state index in [2.05, 4.69) is 21.3 Å². The van der Waals surface area contributed by atoms with Crippen LogP contribution in [-0.4, -0.2) is 251 Å². The van der Waals surface area contributed by atoms with E-state index in [0.29, 0.717) is 12.8 Å². The number of aliphatic hydroxyl groups is 2. The summed E-state index contributed by atoms with van der Waals surface area (Å²) in [4.78, 5) is 170. The van der Waals surface area contributed by atoms with Gasteiger partial charge < -0.3 is 70.5 Å². The number of hydrogen-bond donors (Lipinski definition) is 6. The molecule has 0 aliphatic carbocycles. The maximum absolute atomic E-state index is 15.2. The van der Waals surface area contributed by atoms with E-state index in [1.807, 2.05) is 41.5 Å². The van der Waals surface area contributed by atoms with Crippen LogP contribution >= 0.6 is 0 Å². The molecule has 1 saturated heterocycles. The number of nitrogens with one attached hydrogen (secondary N) is 4. The first-order chi connectivity index (χ1) is 41.7. The monoisotopic (exact) mass is 1280 g/mol. The lowest BCUT2D eigenvalue weighted by Crippen LogP contribution is -2.64. The number of amides is 11. The highest BCUT2D eigenvalue weighted by molar-refractivity contribution is 6.00. The predicted octanol–water partition coefficient (Wildman–Crippen LogP) is 2.79. The van der Waals surface area contributed by atoms with Gasteiger partial charge in [0.15, 0.2) is 0 Å². The van der Waals surface area contributed by atoms with Crippen LogP contribution in [0.15, 0.2) is 12.2 Å². The summed E-state index contributed by atoms with van der Waals surface area (Å²) in [5.41, 5.74) is 0. The molecule has 1 rings (SSSR count). The minimum atomic E-state index is -1.65. The zero-order chi connectivity index (χ0) is 69.7. The molecule has 14 atom stereocenters. The average Bonchev–Trinajstić information content (AvgIpc) is 1.38. The Bertz CT molecular complexity index is 2440. The van der Waals surface area contributed by atoms with Crippen LogP contribution in [0.5, 0.6) is 0 Å². The smallest absolute Gasteiger partial charge is 0.246 e. The van der Waals surface area contributed by atoms with Crippen LogP contribution in [0.1, 0.15) is 163 Å². The zero-order valence-electron chi connectivity index (χ0n) is 58.9. The number of ether oxygens (including phenoxy) is 1. The molecule has 0 aromatic rings. The molecule has 1 aliphatic heterocycles. The van der Waals surface area contributed by atoms with E-state index in [1.165, 1.54) is 89.7 Å². The maximum Gasteiger partial charge on any atom is 0.246 e. The van der Waals surface area contributed by atoms with Gasteiger partial charge in [-0.2, -0.15) is 0 Å². The number of nitrogens with zero attached hydrogens (tertiary/aromatic N) is 7. The number of unbranched alkanes of at least 4 members (excludes halogenated alkanes) is 1. The van der Waals surface area contributed by atoms with Crippen molar-refractivity contribution >= 4 is 65.0 Å². The topological polar surface area (TPSA) is 308 Å². The third-order valence-electron chi connectivity index (χ3n) is 17.2. The summed E-state index contributed by atoms with van der Waals surface area (Å²) in [5, 5.41) is 32.6. The van der Waals surface area contributed by atoms with Gasteiger partial charge in [0.2, 0.25) is 65.0 Å². The Morgan fingerprint density at radius 3 is 1.41 bits per heavy atom. The fraction of sp³-hybridized carbons (Fsp3) is 0.800. The van der Waals surface area contributed by atoms with Crippen molar-refractivity contribution in [3.8, 4) is 0 Å². The number of likely N-dealkylation sites (N-methyl/N-ethyl adjacent to an activating group) is 7. The van der Waals surface area contributed by atoms with Crippen LogP contribution in [0.2, 0.25) is 0 Å². The van der Waals surface area contributed by atoms with Crippen LogP contribution in [0, 0.1) is 35.5 Å². The van der Waals surface area contributed by atoms with Gasteiger partial charge in [-0.05, 0) is 115 Å². The first-order valence-electron chi connectivity index (χ1n) is 32.3. The molecule has 516 valence electrons. The second kappa shape index (κ2) is 38.0. The second-order valence-corrected chi connectivity index (χ2v) is 26.8. The molecule has 1 fully saturated rings. The minimum Gasteiger partial charge on any atom is -0.396 e. The molecule has 0 bridgehead atoms. The molecule has 0 saturated carbocycles. The van der Waals surface area contributed by atoms with Crippen molar-refractivity contribution in [2.45, 2.75) is 241 Å². The second-order valence-electron chi connectivity index (χ2n) is 26.8. The maximum atomic E-state index is 15.2. The van der Waals surface area contributed by atoms with Gasteiger partial charge in [0.05, 0.1) is 12.2 Å². The molecule has 1 heterocycles. The lowest BCUT2D eigenvalue weighted by molar-refractivity contribution is -0.157. The van der Waals surface area contributed by atoms with Gasteiger partial charge in [0.1, 0.15) is 66.5 Å². The molecular weight excluding hydrogens is 1160 g/mol. The molecule has 25 heteroatoms. The van der Waals surface area contributed by atoms with Gasteiger partial charge in [-0.3, -0.25) is 52.7 Å². The lowest BCUT2D eigenvalue weighted by atomic mass is 9.91. The molecule has 0 radical (unpaired) electrons. The first-order valence-corrected chi connectivity index (χ1v) is 32.3. The summed E-state index contributed by atoms with van der Waals surface area (Å²) in [6, 6.07) is -14.3. The van der Waals surface area contributed by atoms with E-state index in [4.69, 9.17) is 4.74 Å². The van der Waals surface area contributed by atoms with E-state index >= 15 is 14.4 Å². The van der Waals surface area contributed by atoms with Crippen molar-refractivity contribution in [2.75, 3.05) is 62.5 Å². The molecule has 0 aromatic carbocycles. The summed E-state index contributed by atoms with van der Waals surface area (Å²) in [7, 11) is 9.77. The summed E-state index contributed by atoms with van der Waals surface area (Å²) >= 11 is 0. The summed E-state index contributed by atoms with van der Waals surface area (Å²) in [6.45, 7) is 28.9. The highest BCUT2D eigenvalue weighted by Gasteiger charge is 2.46. The van der Waals surface area contributed by atoms with E-state index in [-0.39, 0.29) is 63.1 Å². The van der Waals surface area contributed by atoms with Crippen LogP contribution in [0.25, 0.3) is 0 Å². The Kier molecular flexibility index (Phi) is 34.5. The quantitative estimate of drug-likeness (QED) is 0.0801. The van der Waals surface area contributed by atoms with Gasteiger partial charge in [-0.25, -0.2) is 0 Å². The third kappa shape index (κ3) is 22.6. The molecule has 1 aliphatic rings. The largest absolute Gasteiger partial charge is 0.396 e. The molecule has 0 unspecified atom stereocenters. The Balaban J connectivity index is 4.44. The lowest BCUT2D eigenvalue weighted by Gasteiger charge is -2.41. The van der Waals surface area contributed by atoms with E-state index in [1.54, 1.807) is 67.5 Å². The fourth-order valence-corrected chi connectivity index (χ4v) is 11.3. The van der Waals surface area contributed by atoms with Crippen molar-refractivity contribution in [2.24, 2.45) is 35.5 Å². The molecule has 0 spiro atoms. The first kappa shape index (κ1) is 81.8. The molecule has 25 nitrogen and oxygen atoms in total. The highest BCUT2D eigenvalue weighted by atomic mass is 16.5. The molecule has 6 N–H and O–H groups in total. The van der Waals surface area contributed by atoms with Gasteiger partial charge in [-0.15, -0.1) is 0 Å². The number of allylic oxidation sites excluding steroid dienone is 2. The van der Waals surface area contributed by atoms with Crippen LogP contribution in [0.3, 0.4) is 0 Å². The van der Waals surface area contributed by atoms with Gasteiger partial charge in [0.25, 0.3) is 0 Å². The van der Waals surface area contributed by atoms with Crippen LogP contribution in [0.4, 0.5) is 0 Å². The summed E-state index contributed by atoms with van der Waals surface area (Å²) in [6.07, 6.45) is 2.46. The highest BCUT2D eigenvalue weighted by Crippen LogP contribution is 2.26. The average molecular weight is 1280 g/mol. The zero-order valence-corrected chi connectivity index (χ0v) is 58.9. The van der Waals surface area contributed by atoms with Crippen LogP contribution in [-0.2, 0) is 57.5 Å². The van der Waals surface area contributed by atoms with Gasteiger partial charge in [0, 0.05) is 62.5 Å². The Hall–Kier alpha value is -6.21. The SMILES string of the molecule is C/C=C/C[C@@H](C)[C@@H](O)[C@H]1C(=O)N[C@@H](CC)C(=O)N(C)[C@H](C)C(=O)N(C)[C@@H]([C@H](C)OCCCCO)C(=O)N[C@@H](C(C)C)C(=O)N(C)[C@@H](CC(C)C)C(=O)N[C@@H](C)C(=O)N[C@H](C)C(=O)N(C)[C@@H](CC(C)C)C(=O)N(C)[C@@H](CC(C)C)C(=O)N(C)[C@@H](C(C)C)C(=O)N1C. The third-order valence-corrected chi connectivity index (χ3v) is 17.2. The number of rotatable bonds is 19. The van der Waals surface area contributed by atoms with Gasteiger partial charge >= 0.3 is 0 Å². The number of carbonyl (C=O) groups excluding carboxylic acids is 11. The normalized spacial score (nSPS) is 27.2. The minimum absolute atomic E-state index is 0.0207. The van der Waals surface area contributed by atoms with Crippen molar-refractivity contribution in [1.82, 2.24) is 55.6 Å². The summed E-state index contributed by atoms with van der Waals surface area (Å²) in [5.74, 6) is -10.3. The Morgan fingerprint density at radius 1 is 0.478 bits per heavy atom. The standard InChI is InChI=1S/C65H117N11O14/c1-25-27-30-41(13)54(78)53-58(82)68-46(26-2)61(85)70(18)44(16)60(84)75(23)52(45(17)90-32-29-28-31-77)57(81)69-50(39(9)10)64(88)71(19)47(33-36(3)4)56(80)66-42(14)55(79)67-43(15)59(83)72(20)48(34-37(5)6)62(86)73(21)49(35-38(7)8)63(87)74(22)51(40(11)12)65(89)76(53)24/h25,27,36-54,77-78H,26,28-35H2,1-24H3,(H,66,80)(H,67,79)(H,68,82)(H,69,81)/b27-25+/t41-,42+,43-,44-,45+,46+,47+,48+,49+,50+,51+,52+,53+,54-/m1/s1. The number of carbonyl (C=O) groups is 11. The van der Waals surface area contributed by atoms with Crippen LogP contribution < -0.4 is 21.3 Å². The fourth-order valence-electron chi connectivity index (χ4n) is 11.3. The number of hydrogen-bond acceptors (Lipinski definition) is 14. The molecular formula is C65H117N11O14. The molecule has 90 heavy (non-hydrogen) atoms. The molecule has 11 amide bonds. The van der Waals surface area contributed by atoms with E-state index in [9.17, 15) is 48.6 Å². The Morgan fingerprint density at radius 2 is 0.933 bits per heavy atom. The van der Waals surface area contributed by atoms with Crippen molar-refractivity contribution in [3.05, 3.63) is 12.2 Å². The Labute approximate surface area is 537 Å². The van der Waals surface area contributed by atoms with Crippen molar-refractivity contribution in [3.63, 3.8) is 0 Å². The predicted molar refractivity (Wildman–Crippen MR) is 345 cm³/mol. The van der Waals surface area contributed by atoms with Crippen molar-refractivity contribution in [1.29, 1.82) is 0 Å². The van der Waals surface area contributed by atoms with Crippen molar-refractivity contribution < 1.29 is 67.7 Å². The van der Waals surface area contributed by atoms with Gasteiger partial charge in [-0.1, -0.05) is 95.2 Å². The number of aliphatic hydroxyl groups excluding tert-OH is 2.